The van der Waals surface area contributed by atoms with E-state index in [1.54, 1.807) is 0 Å². The normalized spacial score (nSPS) is 9.64. The number of rotatable bonds is 2. The lowest BCUT2D eigenvalue weighted by Gasteiger charge is -2.00. The molecular weight excluding hydrogens is 158 g/mol. The van der Waals surface area contributed by atoms with Crippen LogP contribution in [0.2, 0.25) is 5.02 Å². The van der Waals surface area contributed by atoms with E-state index in [4.69, 9.17) is 17.3 Å². The molecule has 1 rings (SSSR count). The van der Waals surface area contributed by atoms with E-state index < -0.39 is 0 Å². The summed E-state index contributed by atoms with van der Waals surface area (Å²) in [5, 5.41) is 0.735. The van der Waals surface area contributed by atoms with E-state index in [0.29, 0.717) is 6.54 Å². The molecule has 0 fully saturated rings. The third-order valence-electron chi connectivity index (χ3n) is 1.50. The maximum absolute atomic E-state index is 5.70. The highest BCUT2D eigenvalue weighted by Gasteiger charge is 1.94. The molecule has 0 atom stereocenters. The molecule has 0 aliphatic heterocycles. The van der Waals surface area contributed by atoms with Crippen molar-refractivity contribution in [1.29, 1.82) is 0 Å². The van der Waals surface area contributed by atoms with Gasteiger partial charge in [-0.1, -0.05) is 30.3 Å². The predicted octanol–water partition coefficient (Wildman–Crippen LogP) is 2.31. The molecular formula is C9H10ClN. The first kappa shape index (κ1) is 8.31. The summed E-state index contributed by atoms with van der Waals surface area (Å²) in [6, 6.07) is 7.49. The summed E-state index contributed by atoms with van der Waals surface area (Å²) in [4.78, 5) is 0. The van der Waals surface area contributed by atoms with Crippen molar-refractivity contribution in [1.82, 2.24) is 0 Å². The molecule has 0 amide bonds. The van der Waals surface area contributed by atoms with Crippen molar-refractivity contribution in [3.63, 3.8) is 0 Å². The first-order valence-corrected chi connectivity index (χ1v) is 3.75. The molecule has 1 aromatic carbocycles. The highest BCUT2D eigenvalue weighted by atomic mass is 35.5. The second-order valence-electron chi connectivity index (χ2n) is 2.31. The van der Waals surface area contributed by atoms with E-state index >= 15 is 0 Å². The fraction of sp³-hybridized carbons (Fsp3) is 0.111. The van der Waals surface area contributed by atoms with Crippen LogP contribution >= 0.6 is 11.6 Å². The molecule has 0 saturated carbocycles. The van der Waals surface area contributed by atoms with Gasteiger partial charge in [0.1, 0.15) is 0 Å². The van der Waals surface area contributed by atoms with Crippen LogP contribution in [0.3, 0.4) is 0 Å². The van der Waals surface area contributed by atoms with E-state index in [0.717, 1.165) is 16.2 Å². The Morgan fingerprint density at radius 2 is 1.91 bits per heavy atom. The Hall–Kier alpha value is -0.790. The quantitative estimate of drug-likeness (QED) is 0.719. The average molecular weight is 168 g/mol. The standard InChI is InChI=1S/C9H10ClN/c1-7(6-11)8-2-4-9(10)5-3-8/h2-5H,1,6,11H2. The number of nitrogens with two attached hydrogens (primary N) is 1. The van der Waals surface area contributed by atoms with Gasteiger partial charge in [0.25, 0.3) is 0 Å². The van der Waals surface area contributed by atoms with Crippen LogP contribution < -0.4 is 5.73 Å². The van der Waals surface area contributed by atoms with Gasteiger partial charge in [-0.3, -0.25) is 0 Å². The van der Waals surface area contributed by atoms with Gasteiger partial charge in [0.2, 0.25) is 0 Å². The van der Waals surface area contributed by atoms with Gasteiger partial charge in [-0.05, 0) is 23.3 Å². The monoisotopic (exact) mass is 167 g/mol. The smallest absolute Gasteiger partial charge is 0.0406 e. The summed E-state index contributed by atoms with van der Waals surface area (Å²) in [6.45, 7) is 4.29. The summed E-state index contributed by atoms with van der Waals surface area (Å²) in [6.07, 6.45) is 0. The number of hydrogen-bond donors (Lipinski definition) is 1. The van der Waals surface area contributed by atoms with Crippen molar-refractivity contribution in [2.45, 2.75) is 0 Å². The summed E-state index contributed by atoms with van der Waals surface area (Å²) in [5.41, 5.74) is 7.39. The first-order valence-electron chi connectivity index (χ1n) is 3.38. The average Bonchev–Trinajstić information content (AvgIpc) is 2.05. The van der Waals surface area contributed by atoms with E-state index in [1.807, 2.05) is 24.3 Å². The molecule has 0 spiro atoms. The van der Waals surface area contributed by atoms with Gasteiger partial charge < -0.3 is 5.73 Å². The lowest BCUT2D eigenvalue weighted by atomic mass is 10.1. The van der Waals surface area contributed by atoms with E-state index in [9.17, 15) is 0 Å². The minimum atomic E-state index is 0.488. The van der Waals surface area contributed by atoms with Crippen molar-refractivity contribution in [3.05, 3.63) is 41.4 Å². The molecule has 0 aliphatic carbocycles. The topological polar surface area (TPSA) is 26.0 Å². The summed E-state index contributed by atoms with van der Waals surface area (Å²) >= 11 is 5.70. The van der Waals surface area contributed by atoms with Crippen LogP contribution in [-0.4, -0.2) is 6.54 Å². The lowest BCUT2D eigenvalue weighted by Crippen LogP contribution is -2.00. The van der Waals surface area contributed by atoms with Crippen LogP contribution in [0, 0.1) is 0 Å². The fourth-order valence-corrected chi connectivity index (χ4v) is 0.929. The van der Waals surface area contributed by atoms with Gasteiger partial charge in [0.15, 0.2) is 0 Å². The number of halogens is 1. The molecule has 0 aliphatic rings. The van der Waals surface area contributed by atoms with Crippen LogP contribution in [-0.2, 0) is 0 Å². The highest BCUT2D eigenvalue weighted by Crippen LogP contribution is 2.14. The van der Waals surface area contributed by atoms with Gasteiger partial charge >= 0.3 is 0 Å². The summed E-state index contributed by atoms with van der Waals surface area (Å²) in [7, 11) is 0. The molecule has 0 heterocycles. The van der Waals surface area contributed by atoms with Crippen molar-refractivity contribution in [3.8, 4) is 0 Å². The second kappa shape index (κ2) is 3.56. The van der Waals surface area contributed by atoms with Crippen LogP contribution in [0.15, 0.2) is 30.8 Å². The molecule has 0 radical (unpaired) electrons. The van der Waals surface area contributed by atoms with Crippen molar-refractivity contribution in [2.24, 2.45) is 5.73 Å². The van der Waals surface area contributed by atoms with E-state index in [2.05, 4.69) is 6.58 Å². The Morgan fingerprint density at radius 1 is 1.36 bits per heavy atom. The minimum Gasteiger partial charge on any atom is -0.326 e. The summed E-state index contributed by atoms with van der Waals surface area (Å²) < 4.78 is 0. The Morgan fingerprint density at radius 3 is 2.36 bits per heavy atom. The molecule has 0 bridgehead atoms. The fourth-order valence-electron chi connectivity index (χ4n) is 0.803. The Kier molecular flexibility index (Phi) is 2.69. The van der Waals surface area contributed by atoms with Gasteiger partial charge in [0, 0.05) is 11.6 Å². The van der Waals surface area contributed by atoms with Crippen LogP contribution in [0.1, 0.15) is 5.56 Å². The largest absolute Gasteiger partial charge is 0.326 e. The maximum Gasteiger partial charge on any atom is 0.0406 e. The lowest BCUT2D eigenvalue weighted by molar-refractivity contribution is 1.27. The van der Waals surface area contributed by atoms with Crippen LogP contribution in [0.4, 0.5) is 0 Å². The third kappa shape index (κ3) is 2.07. The van der Waals surface area contributed by atoms with Gasteiger partial charge in [0.05, 0.1) is 0 Å². The highest BCUT2D eigenvalue weighted by molar-refractivity contribution is 6.30. The van der Waals surface area contributed by atoms with E-state index in [1.165, 1.54) is 0 Å². The SMILES string of the molecule is C=C(CN)c1ccc(Cl)cc1. The number of hydrogen-bond acceptors (Lipinski definition) is 1. The molecule has 2 N–H and O–H groups in total. The maximum atomic E-state index is 5.70. The predicted molar refractivity (Wildman–Crippen MR) is 49.5 cm³/mol. The Labute approximate surface area is 71.5 Å². The van der Waals surface area contributed by atoms with E-state index in [-0.39, 0.29) is 0 Å². The Balaban J connectivity index is 2.90. The molecule has 0 saturated heterocycles. The van der Waals surface area contributed by atoms with Gasteiger partial charge in [-0.2, -0.15) is 0 Å². The Bertz CT molecular complexity index is 251. The first-order chi connectivity index (χ1) is 5.24. The minimum absolute atomic E-state index is 0.488. The molecule has 58 valence electrons. The number of benzene rings is 1. The molecule has 0 unspecified atom stereocenters. The summed E-state index contributed by atoms with van der Waals surface area (Å²) in [5.74, 6) is 0. The zero-order chi connectivity index (χ0) is 8.27. The second-order valence-corrected chi connectivity index (χ2v) is 2.75. The molecule has 0 aromatic heterocycles. The van der Waals surface area contributed by atoms with Crippen molar-refractivity contribution in [2.75, 3.05) is 6.54 Å². The van der Waals surface area contributed by atoms with Crippen LogP contribution in [0.5, 0.6) is 0 Å². The van der Waals surface area contributed by atoms with Gasteiger partial charge in [-0.15, -0.1) is 0 Å². The molecule has 11 heavy (non-hydrogen) atoms. The zero-order valence-electron chi connectivity index (χ0n) is 6.18. The zero-order valence-corrected chi connectivity index (χ0v) is 6.93. The molecule has 1 aromatic rings. The molecule has 2 heteroatoms. The molecule has 1 nitrogen and oxygen atoms in total. The van der Waals surface area contributed by atoms with Crippen LogP contribution in [0.25, 0.3) is 5.57 Å². The van der Waals surface area contributed by atoms with Crippen molar-refractivity contribution >= 4 is 17.2 Å². The van der Waals surface area contributed by atoms with Gasteiger partial charge in [-0.25, -0.2) is 0 Å². The third-order valence-corrected chi connectivity index (χ3v) is 1.75. The van der Waals surface area contributed by atoms with Crippen molar-refractivity contribution < 1.29 is 0 Å².